The maximum atomic E-state index is 3.67. The minimum absolute atomic E-state index is 1.14. The zero-order chi connectivity index (χ0) is 17.8. The predicted molar refractivity (Wildman–Crippen MR) is 122 cm³/mol. The first-order valence-corrected chi connectivity index (χ1v) is 10.6. The van der Waals surface area contributed by atoms with Crippen molar-refractivity contribution in [1.29, 1.82) is 0 Å². The summed E-state index contributed by atoms with van der Waals surface area (Å²) in [5, 5.41) is 8.98. The molecule has 1 N–H and O–H groups in total. The van der Waals surface area contributed by atoms with E-state index in [1.807, 2.05) is 22.7 Å². The number of hydrogen-bond acceptors (Lipinski definition) is 3. The lowest BCUT2D eigenvalue weighted by atomic mass is 10.1. The summed E-state index contributed by atoms with van der Waals surface area (Å²) in [4.78, 5) is 0. The molecule has 0 saturated heterocycles. The van der Waals surface area contributed by atoms with Gasteiger partial charge in [0.25, 0.3) is 0 Å². The number of benzene rings is 4. The van der Waals surface area contributed by atoms with Crippen LogP contribution in [0, 0.1) is 0 Å². The molecule has 0 bridgehead atoms. The molecule has 2 heterocycles. The topological polar surface area (TPSA) is 12.0 Å². The van der Waals surface area contributed by atoms with Gasteiger partial charge in [-0.15, -0.1) is 22.7 Å². The Hall–Kier alpha value is -2.88. The highest BCUT2D eigenvalue weighted by atomic mass is 32.1. The molecule has 0 aliphatic carbocycles. The largest absolute Gasteiger partial charge is 0.354 e. The van der Waals surface area contributed by atoms with Crippen LogP contribution >= 0.6 is 22.7 Å². The standard InChI is InChI=1S/C24H15NS2/c1-4-11-22-16(6-1)18-8-5-9-20(24(18)27-22)25-15-12-13-23-19(14-15)17-7-2-3-10-21(17)26-23/h1-14,25H. The smallest absolute Gasteiger partial charge is 0.0590 e. The molecule has 0 saturated carbocycles. The first-order chi connectivity index (χ1) is 13.4. The average Bonchev–Trinajstić information content (AvgIpc) is 3.27. The van der Waals surface area contributed by atoms with Crippen LogP contribution in [0.3, 0.4) is 0 Å². The van der Waals surface area contributed by atoms with Crippen LogP contribution in [0.2, 0.25) is 0 Å². The fourth-order valence-corrected chi connectivity index (χ4v) is 6.06. The van der Waals surface area contributed by atoms with Gasteiger partial charge in [-0.25, -0.2) is 0 Å². The van der Waals surface area contributed by atoms with Crippen molar-refractivity contribution in [3.63, 3.8) is 0 Å². The molecule has 0 unspecified atom stereocenters. The van der Waals surface area contributed by atoms with E-state index in [1.165, 1.54) is 46.0 Å². The zero-order valence-electron chi connectivity index (χ0n) is 14.4. The molecule has 0 atom stereocenters. The minimum Gasteiger partial charge on any atom is -0.354 e. The van der Waals surface area contributed by atoms with Crippen LogP contribution in [0.1, 0.15) is 0 Å². The normalized spacial score (nSPS) is 11.7. The van der Waals surface area contributed by atoms with E-state index in [0.29, 0.717) is 0 Å². The fourth-order valence-electron chi connectivity index (χ4n) is 3.80. The second-order valence-electron chi connectivity index (χ2n) is 6.71. The van der Waals surface area contributed by atoms with Gasteiger partial charge in [-0.2, -0.15) is 0 Å². The second kappa shape index (κ2) is 5.81. The number of anilines is 2. The lowest BCUT2D eigenvalue weighted by molar-refractivity contribution is 1.63. The highest BCUT2D eigenvalue weighted by Crippen LogP contribution is 2.40. The molecular formula is C24H15NS2. The van der Waals surface area contributed by atoms with Gasteiger partial charge in [0.15, 0.2) is 0 Å². The molecule has 6 rings (SSSR count). The monoisotopic (exact) mass is 381 g/mol. The predicted octanol–water partition coefficient (Wildman–Crippen LogP) is 8.17. The van der Waals surface area contributed by atoms with E-state index in [2.05, 4.69) is 90.2 Å². The Kier molecular flexibility index (Phi) is 3.27. The number of hydrogen-bond donors (Lipinski definition) is 1. The average molecular weight is 382 g/mol. The second-order valence-corrected chi connectivity index (χ2v) is 8.85. The summed E-state index contributed by atoms with van der Waals surface area (Å²) in [6, 6.07) is 30.5. The molecule has 6 aromatic rings. The van der Waals surface area contributed by atoms with Crippen LogP contribution in [0.4, 0.5) is 11.4 Å². The maximum absolute atomic E-state index is 3.67. The van der Waals surface area contributed by atoms with Gasteiger partial charge < -0.3 is 5.32 Å². The van der Waals surface area contributed by atoms with Crippen LogP contribution in [0.25, 0.3) is 40.3 Å². The Morgan fingerprint density at radius 1 is 0.519 bits per heavy atom. The van der Waals surface area contributed by atoms with E-state index in [-0.39, 0.29) is 0 Å². The summed E-state index contributed by atoms with van der Waals surface area (Å²) in [6.45, 7) is 0. The molecule has 0 radical (unpaired) electrons. The van der Waals surface area contributed by atoms with Crippen LogP contribution < -0.4 is 5.32 Å². The highest BCUT2D eigenvalue weighted by molar-refractivity contribution is 7.26. The summed E-state index contributed by atoms with van der Waals surface area (Å²) < 4.78 is 5.33. The number of rotatable bonds is 2. The van der Waals surface area contributed by atoms with E-state index < -0.39 is 0 Å². The van der Waals surface area contributed by atoms with Crippen LogP contribution in [0.5, 0.6) is 0 Å². The van der Waals surface area contributed by atoms with Crippen molar-refractivity contribution in [1.82, 2.24) is 0 Å². The first-order valence-electron chi connectivity index (χ1n) is 8.95. The van der Waals surface area contributed by atoms with Gasteiger partial charge in [0.1, 0.15) is 0 Å². The molecule has 0 aliphatic rings. The van der Waals surface area contributed by atoms with Gasteiger partial charge in [0.05, 0.1) is 10.4 Å². The van der Waals surface area contributed by atoms with Crippen molar-refractivity contribution in [2.45, 2.75) is 0 Å². The van der Waals surface area contributed by atoms with Crippen molar-refractivity contribution in [2.75, 3.05) is 5.32 Å². The lowest BCUT2D eigenvalue weighted by Crippen LogP contribution is -1.89. The summed E-state index contributed by atoms with van der Waals surface area (Å²) in [6.07, 6.45) is 0. The molecule has 128 valence electrons. The Bertz CT molecular complexity index is 1460. The fraction of sp³-hybridized carbons (Fsp3) is 0. The molecule has 0 fully saturated rings. The number of fused-ring (bicyclic) bond motifs is 6. The van der Waals surface area contributed by atoms with Crippen LogP contribution in [-0.2, 0) is 0 Å². The van der Waals surface area contributed by atoms with E-state index in [9.17, 15) is 0 Å². The molecule has 4 aromatic carbocycles. The maximum Gasteiger partial charge on any atom is 0.0590 e. The quantitative estimate of drug-likeness (QED) is 0.319. The van der Waals surface area contributed by atoms with Crippen molar-refractivity contribution in [3.05, 3.63) is 84.9 Å². The van der Waals surface area contributed by atoms with Crippen molar-refractivity contribution in [2.24, 2.45) is 0 Å². The van der Waals surface area contributed by atoms with Crippen LogP contribution in [-0.4, -0.2) is 0 Å². The van der Waals surface area contributed by atoms with E-state index in [1.54, 1.807) is 0 Å². The first kappa shape index (κ1) is 15.2. The molecule has 3 heteroatoms. The molecule has 1 nitrogen and oxygen atoms in total. The van der Waals surface area contributed by atoms with Crippen molar-refractivity contribution in [3.8, 4) is 0 Å². The summed E-state index contributed by atoms with van der Waals surface area (Å²) in [5.74, 6) is 0. The Labute approximate surface area is 164 Å². The molecule has 0 aliphatic heterocycles. The Morgan fingerprint density at radius 2 is 1.19 bits per heavy atom. The third-order valence-electron chi connectivity index (χ3n) is 5.06. The summed E-state index contributed by atoms with van der Waals surface area (Å²) in [7, 11) is 0. The molecular weight excluding hydrogens is 366 g/mol. The van der Waals surface area contributed by atoms with Crippen molar-refractivity contribution < 1.29 is 0 Å². The Morgan fingerprint density at radius 3 is 2.04 bits per heavy atom. The number of thiophene rings is 2. The van der Waals surface area contributed by atoms with E-state index >= 15 is 0 Å². The van der Waals surface area contributed by atoms with E-state index in [0.717, 1.165) is 5.69 Å². The lowest BCUT2D eigenvalue weighted by Gasteiger charge is -2.08. The summed E-state index contributed by atoms with van der Waals surface area (Å²) >= 11 is 3.71. The summed E-state index contributed by atoms with van der Waals surface area (Å²) in [5.41, 5.74) is 2.31. The molecule has 0 amide bonds. The minimum atomic E-state index is 1.14. The molecule has 27 heavy (non-hydrogen) atoms. The van der Waals surface area contributed by atoms with Gasteiger partial charge in [0, 0.05) is 41.3 Å². The Balaban J connectivity index is 1.51. The van der Waals surface area contributed by atoms with Crippen LogP contribution in [0.15, 0.2) is 84.9 Å². The molecule has 2 aromatic heterocycles. The van der Waals surface area contributed by atoms with Crippen molar-refractivity contribution >= 4 is 74.4 Å². The van der Waals surface area contributed by atoms with Gasteiger partial charge >= 0.3 is 0 Å². The zero-order valence-corrected chi connectivity index (χ0v) is 16.0. The molecule has 0 spiro atoms. The number of nitrogens with one attached hydrogen (secondary N) is 1. The van der Waals surface area contributed by atoms with Gasteiger partial charge in [0.2, 0.25) is 0 Å². The van der Waals surface area contributed by atoms with Gasteiger partial charge in [-0.1, -0.05) is 48.5 Å². The van der Waals surface area contributed by atoms with E-state index in [4.69, 9.17) is 0 Å². The third-order valence-corrected chi connectivity index (χ3v) is 7.43. The van der Waals surface area contributed by atoms with Gasteiger partial charge in [-0.05, 0) is 36.4 Å². The highest BCUT2D eigenvalue weighted by Gasteiger charge is 2.10. The SMILES string of the molecule is c1ccc2c(c1)sc1ccc(Nc3cccc4c3sc3ccccc34)cc12. The van der Waals surface area contributed by atoms with Gasteiger partial charge in [-0.3, -0.25) is 0 Å². The third kappa shape index (κ3) is 2.36.